The molecule has 0 radical (unpaired) electrons. The lowest BCUT2D eigenvalue weighted by Crippen LogP contribution is -2.46. The van der Waals surface area contributed by atoms with E-state index >= 15 is 0 Å². The van der Waals surface area contributed by atoms with Gasteiger partial charge in [0.25, 0.3) is 0 Å². The second-order valence-electron chi connectivity index (χ2n) is 5.38. The van der Waals surface area contributed by atoms with Gasteiger partial charge in [-0.2, -0.15) is 0 Å². The lowest BCUT2D eigenvalue weighted by atomic mass is 9.92. The summed E-state index contributed by atoms with van der Waals surface area (Å²) in [5.74, 6) is 2.54. The van der Waals surface area contributed by atoms with Crippen LogP contribution in [0.4, 0.5) is 5.82 Å². The second kappa shape index (κ2) is 5.33. The van der Waals surface area contributed by atoms with E-state index in [1.165, 1.54) is 12.8 Å². The highest BCUT2D eigenvalue weighted by Gasteiger charge is 2.36. The van der Waals surface area contributed by atoms with Gasteiger partial charge >= 0.3 is 0 Å². The smallest absolute Gasteiger partial charge is 0.221 e. The molecule has 0 aliphatic carbocycles. The van der Waals surface area contributed by atoms with Crippen molar-refractivity contribution in [2.75, 3.05) is 31.1 Å². The van der Waals surface area contributed by atoms with Crippen molar-refractivity contribution in [1.29, 1.82) is 0 Å². The Morgan fingerprint density at radius 2 is 2.32 bits per heavy atom. The van der Waals surface area contributed by atoms with Gasteiger partial charge in [0.15, 0.2) is 0 Å². The fourth-order valence-corrected chi connectivity index (χ4v) is 3.33. The summed E-state index contributed by atoms with van der Waals surface area (Å²) in [6.45, 7) is 7.99. The zero-order valence-corrected chi connectivity index (χ0v) is 11.7. The maximum atomic E-state index is 5.59. The van der Waals surface area contributed by atoms with Crippen LogP contribution in [0, 0.1) is 12.8 Å². The fraction of sp³-hybridized carbons (Fsp3) is 0.714. The van der Waals surface area contributed by atoms with E-state index in [9.17, 15) is 0 Å². The monoisotopic (exact) mass is 262 g/mol. The fourth-order valence-electron chi connectivity index (χ4n) is 3.33. The summed E-state index contributed by atoms with van der Waals surface area (Å²) in [5, 5.41) is 3.51. The maximum Gasteiger partial charge on any atom is 0.221 e. The van der Waals surface area contributed by atoms with Crippen LogP contribution >= 0.6 is 0 Å². The highest BCUT2D eigenvalue weighted by Crippen LogP contribution is 2.33. The minimum absolute atomic E-state index is 0.580. The van der Waals surface area contributed by atoms with Crippen LogP contribution in [-0.4, -0.2) is 42.3 Å². The van der Waals surface area contributed by atoms with E-state index in [1.807, 2.05) is 6.92 Å². The highest BCUT2D eigenvalue weighted by molar-refractivity contribution is 5.51. The standard InChI is InChI=1S/C14H22N4O/c1-3-19-14-10(2)13(16-9-17-14)18-6-4-5-11-7-15-8-12(11)18/h9,11-12,15H,3-8H2,1-2H3. The number of nitrogens with one attached hydrogen (secondary N) is 1. The minimum atomic E-state index is 0.580. The molecule has 2 atom stereocenters. The van der Waals surface area contributed by atoms with Gasteiger partial charge in [-0.25, -0.2) is 9.97 Å². The summed E-state index contributed by atoms with van der Waals surface area (Å²) in [6.07, 6.45) is 4.20. The van der Waals surface area contributed by atoms with E-state index in [2.05, 4.69) is 27.1 Å². The van der Waals surface area contributed by atoms with Crippen molar-refractivity contribution in [2.45, 2.75) is 32.7 Å². The van der Waals surface area contributed by atoms with Crippen LogP contribution in [0.15, 0.2) is 6.33 Å². The molecule has 104 valence electrons. The number of nitrogens with zero attached hydrogens (tertiary/aromatic N) is 3. The van der Waals surface area contributed by atoms with Crippen LogP contribution in [0.1, 0.15) is 25.3 Å². The third kappa shape index (κ3) is 2.27. The van der Waals surface area contributed by atoms with Crippen molar-refractivity contribution in [3.05, 3.63) is 11.9 Å². The van der Waals surface area contributed by atoms with Gasteiger partial charge in [0.05, 0.1) is 12.2 Å². The maximum absolute atomic E-state index is 5.59. The van der Waals surface area contributed by atoms with Crippen LogP contribution in [0.2, 0.25) is 0 Å². The Morgan fingerprint density at radius 1 is 1.42 bits per heavy atom. The number of piperidine rings is 1. The molecule has 5 nitrogen and oxygen atoms in total. The summed E-state index contributed by atoms with van der Waals surface area (Å²) >= 11 is 0. The first-order chi connectivity index (χ1) is 9.31. The Morgan fingerprint density at radius 3 is 3.16 bits per heavy atom. The lowest BCUT2D eigenvalue weighted by molar-refractivity contribution is 0.322. The number of fused-ring (bicyclic) bond motifs is 1. The summed E-state index contributed by atoms with van der Waals surface area (Å²) < 4.78 is 5.59. The van der Waals surface area contributed by atoms with E-state index in [0.717, 1.165) is 42.8 Å². The molecule has 2 aliphatic rings. The summed E-state index contributed by atoms with van der Waals surface area (Å²) in [5.41, 5.74) is 1.07. The largest absolute Gasteiger partial charge is 0.478 e. The lowest BCUT2D eigenvalue weighted by Gasteiger charge is -2.38. The SMILES string of the molecule is CCOc1ncnc(N2CCCC3CNCC32)c1C. The van der Waals surface area contributed by atoms with Crippen molar-refractivity contribution in [2.24, 2.45) is 5.92 Å². The van der Waals surface area contributed by atoms with Crippen LogP contribution in [0.5, 0.6) is 5.88 Å². The molecule has 0 bridgehead atoms. The number of hydrogen-bond donors (Lipinski definition) is 1. The van der Waals surface area contributed by atoms with Crippen molar-refractivity contribution >= 4 is 5.82 Å². The molecule has 1 aromatic heterocycles. The van der Waals surface area contributed by atoms with Crippen LogP contribution in [0.25, 0.3) is 0 Å². The van der Waals surface area contributed by atoms with E-state index in [0.29, 0.717) is 12.6 Å². The van der Waals surface area contributed by atoms with E-state index in [4.69, 9.17) is 4.74 Å². The number of rotatable bonds is 3. The third-order valence-electron chi connectivity index (χ3n) is 4.24. The van der Waals surface area contributed by atoms with E-state index in [1.54, 1.807) is 6.33 Å². The molecule has 19 heavy (non-hydrogen) atoms. The van der Waals surface area contributed by atoms with Crippen molar-refractivity contribution in [3.63, 3.8) is 0 Å². The molecule has 5 heteroatoms. The van der Waals surface area contributed by atoms with Crippen LogP contribution < -0.4 is 15.0 Å². The van der Waals surface area contributed by atoms with Gasteiger partial charge in [0.1, 0.15) is 12.1 Å². The summed E-state index contributed by atoms with van der Waals surface area (Å²) in [4.78, 5) is 11.2. The first-order valence-electron chi connectivity index (χ1n) is 7.23. The molecular weight excluding hydrogens is 240 g/mol. The van der Waals surface area contributed by atoms with Crippen molar-refractivity contribution < 1.29 is 4.74 Å². The average molecular weight is 262 g/mol. The normalized spacial score (nSPS) is 26.3. The Labute approximate surface area is 114 Å². The van der Waals surface area contributed by atoms with Crippen molar-refractivity contribution in [1.82, 2.24) is 15.3 Å². The molecule has 2 aliphatic heterocycles. The van der Waals surface area contributed by atoms with Gasteiger partial charge < -0.3 is 15.0 Å². The molecule has 2 unspecified atom stereocenters. The first kappa shape index (κ1) is 12.7. The molecule has 3 heterocycles. The van der Waals surface area contributed by atoms with E-state index in [-0.39, 0.29) is 0 Å². The van der Waals surface area contributed by atoms with Gasteiger partial charge in [-0.3, -0.25) is 0 Å². The van der Waals surface area contributed by atoms with Crippen molar-refractivity contribution in [3.8, 4) is 5.88 Å². The molecule has 0 amide bonds. The summed E-state index contributed by atoms with van der Waals surface area (Å²) in [6, 6.07) is 0.580. The van der Waals surface area contributed by atoms with Crippen LogP contribution in [0.3, 0.4) is 0 Å². The van der Waals surface area contributed by atoms with Gasteiger partial charge in [-0.1, -0.05) is 0 Å². The number of anilines is 1. The topological polar surface area (TPSA) is 50.3 Å². The summed E-state index contributed by atoms with van der Waals surface area (Å²) in [7, 11) is 0. The minimum Gasteiger partial charge on any atom is -0.478 e. The first-order valence-corrected chi connectivity index (χ1v) is 7.23. The quantitative estimate of drug-likeness (QED) is 0.891. The number of ether oxygens (including phenoxy) is 1. The molecule has 1 N–H and O–H groups in total. The molecule has 0 aromatic carbocycles. The van der Waals surface area contributed by atoms with E-state index < -0.39 is 0 Å². The van der Waals surface area contributed by atoms with Gasteiger partial charge in [-0.15, -0.1) is 0 Å². The predicted molar refractivity (Wildman–Crippen MR) is 74.7 cm³/mol. The number of hydrogen-bond acceptors (Lipinski definition) is 5. The Balaban J connectivity index is 1.90. The zero-order chi connectivity index (χ0) is 13.2. The molecule has 0 spiro atoms. The van der Waals surface area contributed by atoms with Crippen LogP contribution in [-0.2, 0) is 0 Å². The Bertz CT molecular complexity index is 451. The predicted octanol–water partition coefficient (Wildman–Crippen LogP) is 1.37. The number of aromatic nitrogens is 2. The zero-order valence-electron chi connectivity index (χ0n) is 11.7. The molecular formula is C14H22N4O. The Hall–Kier alpha value is -1.36. The molecule has 2 fully saturated rings. The van der Waals surface area contributed by atoms with Gasteiger partial charge in [0, 0.05) is 25.7 Å². The Kier molecular flexibility index (Phi) is 3.55. The molecule has 1 aromatic rings. The van der Waals surface area contributed by atoms with Gasteiger partial charge in [0.2, 0.25) is 5.88 Å². The molecule has 3 rings (SSSR count). The molecule has 2 saturated heterocycles. The van der Waals surface area contributed by atoms with Gasteiger partial charge in [-0.05, 0) is 32.6 Å². The second-order valence-corrected chi connectivity index (χ2v) is 5.38. The molecule has 0 saturated carbocycles. The average Bonchev–Trinajstić information content (AvgIpc) is 2.90. The third-order valence-corrected chi connectivity index (χ3v) is 4.24. The highest BCUT2D eigenvalue weighted by atomic mass is 16.5.